The van der Waals surface area contributed by atoms with E-state index < -0.39 is 11.9 Å². The third-order valence-corrected chi connectivity index (χ3v) is 3.66. The van der Waals surface area contributed by atoms with Crippen molar-refractivity contribution >= 4 is 5.95 Å². The molecule has 1 atom stereocenters. The van der Waals surface area contributed by atoms with E-state index in [0.717, 1.165) is 31.9 Å². The number of aromatic nitrogens is 2. The molecule has 0 amide bonds. The summed E-state index contributed by atoms with van der Waals surface area (Å²) >= 11 is 0. The maximum atomic E-state index is 12.7. The molecule has 1 aromatic heterocycles. The molecule has 0 spiro atoms. The van der Waals surface area contributed by atoms with Crippen LogP contribution in [0.4, 0.5) is 19.1 Å². The number of hydrogen-bond donors (Lipinski definition) is 0. The monoisotopic (exact) mass is 287 g/mol. The quantitative estimate of drug-likeness (QED) is 0.853. The maximum absolute atomic E-state index is 12.7. The lowest BCUT2D eigenvalue weighted by Crippen LogP contribution is -2.33. The molecule has 2 heterocycles. The van der Waals surface area contributed by atoms with Crippen molar-refractivity contribution < 1.29 is 17.9 Å². The van der Waals surface area contributed by atoms with E-state index >= 15 is 0 Å². The first-order chi connectivity index (χ1) is 9.54. The number of rotatable bonds is 4. The Morgan fingerprint density at radius 1 is 1.30 bits per heavy atom. The number of ether oxygens (including phenoxy) is 1. The molecule has 20 heavy (non-hydrogen) atoms. The van der Waals surface area contributed by atoms with Crippen molar-refractivity contribution in [3.63, 3.8) is 0 Å². The van der Waals surface area contributed by atoms with Crippen molar-refractivity contribution in [2.45, 2.75) is 31.5 Å². The first-order valence-electron chi connectivity index (χ1n) is 6.78. The fraction of sp³-hybridized carbons (Fsp3) is 0.692. The van der Waals surface area contributed by atoms with E-state index in [1.54, 1.807) is 0 Å². The molecular weight excluding hydrogens is 271 g/mol. The summed E-state index contributed by atoms with van der Waals surface area (Å²) in [6.45, 7) is 2.07. The van der Waals surface area contributed by atoms with Gasteiger partial charge in [-0.15, -0.1) is 0 Å². The van der Waals surface area contributed by atoms with Gasteiger partial charge in [0.25, 0.3) is 0 Å². The molecule has 4 nitrogen and oxygen atoms in total. The summed E-state index contributed by atoms with van der Waals surface area (Å²) in [5.41, 5.74) is -0.879. The molecule has 1 aliphatic carbocycles. The Morgan fingerprint density at radius 2 is 2.10 bits per heavy atom. The van der Waals surface area contributed by atoms with Crippen LogP contribution in [0.5, 0.6) is 0 Å². The van der Waals surface area contributed by atoms with E-state index in [1.165, 1.54) is 6.20 Å². The lowest BCUT2D eigenvalue weighted by molar-refractivity contribution is -0.141. The SMILES string of the molecule is FC(F)(F)c1ccnc(N(C[C@@H]2CCOC2)C2CC2)n1. The van der Waals surface area contributed by atoms with E-state index in [9.17, 15) is 13.2 Å². The van der Waals surface area contributed by atoms with Crippen molar-refractivity contribution in [1.82, 2.24) is 9.97 Å². The maximum Gasteiger partial charge on any atom is 0.433 e. The van der Waals surface area contributed by atoms with Crippen LogP contribution >= 0.6 is 0 Å². The van der Waals surface area contributed by atoms with Gasteiger partial charge in [0.15, 0.2) is 0 Å². The minimum absolute atomic E-state index is 0.189. The van der Waals surface area contributed by atoms with Crippen LogP contribution < -0.4 is 4.90 Å². The van der Waals surface area contributed by atoms with Crippen LogP contribution in [0.25, 0.3) is 0 Å². The van der Waals surface area contributed by atoms with Crippen molar-refractivity contribution in [2.24, 2.45) is 5.92 Å². The van der Waals surface area contributed by atoms with Gasteiger partial charge in [-0.2, -0.15) is 13.2 Å². The normalized spacial score (nSPS) is 23.1. The molecular formula is C13H16F3N3O. The predicted octanol–water partition coefficient (Wildman–Crippen LogP) is 2.50. The Bertz CT molecular complexity index is 470. The van der Waals surface area contributed by atoms with Crippen LogP contribution in [-0.4, -0.2) is 35.8 Å². The summed E-state index contributed by atoms with van der Waals surface area (Å²) in [6, 6.07) is 1.19. The van der Waals surface area contributed by atoms with Crippen LogP contribution in [0.2, 0.25) is 0 Å². The zero-order valence-corrected chi connectivity index (χ0v) is 10.9. The third kappa shape index (κ3) is 3.03. The van der Waals surface area contributed by atoms with E-state index in [2.05, 4.69) is 9.97 Å². The minimum atomic E-state index is -4.43. The second-order valence-corrected chi connectivity index (χ2v) is 5.35. The summed E-state index contributed by atoms with van der Waals surface area (Å²) in [5, 5.41) is 0. The van der Waals surface area contributed by atoms with Crippen LogP contribution in [0.1, 0.15) is 25.0 Å². The molecule has 0 unspecified atom stereocenters. The second kappa shape index (κ2) is 5.20. The van der Waals surface area contributed by atoms with Gasteiger partial charge in [-0.1, -0.05) is 0 Å². The molecule has 3 rings (SSSR count). The number of anilines is 1. The minimum Gasteiger partial charge on any atom is -0.381 e. The van der Waals surface area contributed by atoms with Gasteiger partial charge in [0.2, 0.25) is 5.95 Å². The molecule has 0 radical (unpaired) electrons. The molecule has 110 valence electrons. The first-order valence-corrected chi connectivity index (χ1v) is 6.78. The highest BCUT2D eigenvalue weighted by Crippen LogP contribution is 2.33. The first kappa shape index (κ1) is 13.6. The van der Waals surface area contributed by atoms with E-state index in [4.69, 9.17) is 4.74 Å². The molecule has 0 N–H and O–H groups in total. The van der Waals surface area contributed by atoms with E-state index in [0.29, 0.717) is 19.1 Å². The lowest BCUT2D eigenvalue weighted by Gasteiger charge is -2.25. The van der Waals surface area contributed by atoms with E-state index in [-0.39, 0.29) is 12.0 Å². The average molecular weight is 287 g/mol. The molecule has 0 aromatic carbocycles. The summed E-state index contributed by atoms with van der Waals surface area (Å²) in [6.07, 6.45) is -0.308. The Balaban J connectivity index is 1.80. The Labute approximate surface area is 115 Å². The summed E-state index contributed by atoms with van der Waals surface area (Å²) < 4.78 is 43.5. The van der Waals surface area contributed by atoms with Crippen molar-refractivity contribution in [2.75, 3.05) is 24.7 Å². The highest BCUT2D eigenvalue weighted by molar-refractivity contribution is 5.35. The van der Waals surface area contributed by atoms with Crippen LogP contribution in [0.15, 0.2) is 12.3 Å². The predicted molar refractivity (Wildman–Crippen MR) is 66.3 cm³/mol. The molecule has 7 heteroatoms. The smallest absolute Gasteiger partial charge is 0.381 e. The van der Waals surface area contributed by atoms with Crippen LogP contribution in [0, 0.1) is 5.92 Å². The Kier molecular flexibility index (Phi) is 3.54. The zero-order valence-electron chi connectivity index (χ0n) is 10.9. The van der Waals surface area contributed by atoms with Crippen molar-refractivity contribution in [3.8, 4) is 0 Å². The highest BCUT2D eigenvalue weighted by Gasteiger charge is 2.36. The van der Waals surface area contributed by atoms with Crippen molar-refractivity contribution in [1.29, 1.82) is 0 Å². The molecule has 2 fully saturated rings. The Hall–Kier alpha value is -1.37. The largest absolute Gasteiger partial charge is 0.433 e. The van der Waals surface area contributed by atoms with Crippen LogP contribution in [-0.2, 0) is 10.9 Å². The Morgan fingerprint density at radius 3 is 2.70 bits per heavy atom. The van der Waals surface area contributed by atoms with Gasteiger partial charge in [0.1, 0.15) is 5.69 Å². The summed E-state index contributed by atoms with van der Waals surface area (Å²) in [5.74, 6) is 0.544. The number of hydrogen-bond acceptors (Lipinski definition) is 4. The van der Waals surface area contributed by atoms with Gasteiger partial charge in [-0.25, -0.2) is 9.97 Å². The third-order valence-electron chi connectivity index (χ3n) is 3.66. The molecule has 2 aliphatic rings. The molecule has 1 saturated carbocycles. The molecule has 1 aromatic rings. The van der Waals surface area contributed by atoms with Gasteiger partial charge in [0.05, 0.1) is 6.61 Å². The zero-order chi connectivity index (χ0) is 14.2. The fourth-order valence-corrected chi connectivity index (χ4v) is 2.43. The lowest BCUT2D eigenvalue weighted by atomic mass is 10.1. The molecule has 1 saturated heterocycles. The fourth-order valence-electron chi connectivity index (χ4n) is 2.43. The highest BCUT2D eigenvalue weighted by atomic mass is 19.4. The standard InChI is InChI=1S/C13H16F3N3O/c14-13(15,16)11-3-5-17-12(18-11)19(10-1-2-10)7-9-4-6-20-8-9/h3,5,9-10H,1-2,4,6-8H2/t9-/m0/s1. The van der Waals surface area contributed by atoms with E-state index in [1.807, 2.05) is 4.90 Å². The van der Waals surface area contributed by atoms with Gasteiger partial charge >= 0.3 is 6.18 Å². The number of halogens is 3. The average Bonchev–Trinajstić information content (AvgIpc) is 3.12. The molecule has 1 aliphatic heterocycles. The number of alkyl halides is 3. The molecule has 0 bridgehead atoms. The van der Waals surface area contributed by atoms with Gasteiger partial charge < -0.3 is 9.64 Å². The van der Waals surface area contributed by atoms with Crippen molar-refractivity contribution in [3.05, 3.63) is 18.0 Å². The summed E-state index contributed by atoms with van der Waals surface area (Å²) in [7, 11) is 0. The number of nitrogens with zero attached hydrogens (tertiary/aromatic N) is 3. The second-order valence-electron chi connectivity index (χ2n) is 5.35. The topological polar surface area (TPSA) is 38.2 Å². The summed E-state index contributed by atoms with van der Waals surface area (Å²) in [4.78, 5) is 9.64. The van der Waals surface area contributed by atoms with Gasteiger partial charge in [-0.05, 0) is 25.3 Å². The van der Waals surface area contributed by atoms with Gasteiger partial charge in [0, 0.05) is 31.3 Å². The van der Waals surface area contributed by atoms with Crippen LogP contribution in [0.3, 0.4) is 0 Å². The van der Waals surface area contributed by atoms with Gasteiger partial charge in [-0.3, -0.25) is 0 Å².